The normalized spacial score (nSPS) is 17.8. The largest absolute Gasteiger partial charge is 0.485 e. The highest BCUT2D eigenvalue weighted by Gasteiger charge is 2.49. The average Bonchev–Trinajstić information content (AvgIpc) is 2.87. The second kappa shape index (κ2) is 6.71. The van der Waals surface area contributed by atoms with E-state index in [0.717, 1.165) is 5.56 Å². The maximum atomic E-state index is 12.6. The summed E-state index contributed by atoms with van der Waals surface area (Å²) in [5, 5.41) is 0. The Morgan fingerprint density at radius 2 is 1.88 bits per heavy atom. The second-order valence-corrected chi connectivity index (χ2v) is 5.77. The third-order valence-electron chi connectivity index (χ3n) is 4.20. The number of ether oxygens (including phenoxy) is 1. The van der Waals surface area contributed by atoms with Crippen LogP contribution in [0.3, 0.4) is 0 Å². The summed E-state index contributed by atoms with van der Waals surface area (Å²) in [7, 11) is 0. The molecule has 4 heteroatoms. The quantitative estimate of drug-likeness (QED) is 0.719. The molecule has 0 unspecified atom stereocenters. The summed E-state index contributed by atoms with van der Waals surface area (Å²) in [5.41, 5.74) is 0.290. The number of rotatable bonds is 7. The van der Waals surface area contributed by atoms with Gasteiger partial charge in [-0.2, -0.15) is 4.99 Å². The van der Waals surface area contributed by atoms with E-state index in [1.807, 2.05) is 53.6 Å². The maximum Gasteiger partial charge on any atom is 0.274 e. The maximum absolute atomic E-state index is 12.6. The van der Waals surface area contributed by atoms with E-state index in [0.29, 0.717) is 31.0 Å². The van der Waals surface area contributed by atoms with E-state index in [2.05, 4.69) is 18.2 Å². The molecule has 3 rings (SSSR count). The smallest absolute Gasteiger partial charge is 0.274 e. The van der Waals surface area contributed by atoms with Gasteiger partial charge in [-0.3, -0.25) is 4.79 Å². The molecule has 122 valence electrons. The zero-order valence-electron chi connectivity index (χ0n) is 13.5. The number of nitrogens with zero attached hydrogens (tertiary/aromatic N) is 2. The fourth-order valence-corrected chi connectivity index (χ4v) is 3.02. The van der Waals surface area contributed by atoms with E-state index in [1.165, 1.54) is 0 Å². The van der Waals surface area contributed by atoms with Gasteiger partial charge in [0.15, 0.2) is 11.6 Å². The number of hydrogen-bond donors (Lipinski definition) is 0. The Kier molecular flexibility index (Phi) is 4.47. The molecule has 2 heterocycles. The van der Waals surface area contributed by atoms with Gasteiger partial charge in [-0.15, -0.1) is 13.2 Å². The molecule has 2 aliphatic heterocycles. The third kappa shape index (κ3) is 2.71. The fourth-order valence-electron chi connectivity index (χ4n) is 3.02. The SMILES string of the molecule is C=CCC1(CC=C)C(=O)N=C2C(OCc3ccccc3)=CC=CN21. The highest BCUT2D eigenvalue weighted by molar-refractivity contribution is 6.13. The molecule has 1 amide bonds. The number of amidine groups is 1. The molecule has 0 spiro atoms. The highest BCUT2D eigenvalue weighted by atomic mass is 16.5. The second-order valence-electron chi connectivity index (χ2n) is 5.77. The molecular formula is C20H20N2O2. The molecule has 0 aromatic heterocycles. The van der Waals surface area contributed by atoms with Crippen LogP contribution in [0.15, 0.2) is 84.7 Å². The van der Waals surface area contributed by atoms with Crippen LogP contribution in [0.25, 0.3) is 0 Å². The summed E-state index contributed by atoms with van der Waals surface area (Å²) >= 11 is 0. The lowest BCUT2D eigenvalue weighted by Gasteiger charge is -2.36. The van der Waals surface area contributed by atoms with Crippen molar-refractivity contribution >= 4 is 11.7 Å². The molecule has 24 heavy (non-hydrogen) atoms. The Morgan fingerprint density at radius 1 is 1.17 bits per heavy atom. The summed E-state index contributed by atoms with van der Waals surface area (Å²) in [6.07, 6.45) is 10.1. The number of carbonyl (C=O) groups is 1. The molecule has 0 atom stereocenters. The lowest BCUT2D eigenvalue weighted by atomic mass is 9.89. The first kappa shape index (κ1) is 16.0. The molecule has 0 bridgehead atoms. The highest BCUT2D eigenvalue weighted by Crippen LogP contribution is 2.36. The summed E-state index contributed by atoms with van der Waals surface area (Å²) in [4.78, 5) is 18.8. The number of fused-ring (bicyclic) bond motifs is 1. The lowest BCUT2D eigenvalue weighted by Crippen LogP contribution is -2.49. The van der Waals surface area contributed by atoms with Crippen molar-refractivity contribution in [3.8, 4) is 0 Å². The first-order valence-electron chi connectivity index (χ1n) is 7.91. The topological polar surface area (TPSA) is 41.9 Å². The van der Waals surface area contributed by atoms with Gasteiger partial charge in [-0.05, 0) is 30.6 Å². The van der Waals surface area contributed by atoms with Gasteiger partial charge in [0.25, 0.3) is 5.91 Å². The van der Waals surface area contributed by atoms with Crippen LogP contribution < -0.4 is 0 Å². The van der Waals surface area contributed by atoms with Crippen molar-refractivity contribution in [3.63, 3.8) is 0 Å². The van der Waals surface area contributed by atoms with Crippen molar-refractivity contribution < 1.29 is 9.53 Å². The zero-order valence-corrected chi connectivity index (χ0v) is 13.5. The summed E-state index contributed by atoms with van der Waals surface area (Å²) in [6.45, 7) is 8.00. The number of benzene rings is 1. The van der Waals surface area contributed by atoms with Crippen LogP contribution in [-0.2, 0) is 16.1 Å². The van der Waals surface area contributed by atoms with E-state index in [-0.39, 0.29) is 5.91 Å². The van der Waals surface area contributed by atoms with Gasteiger partial charge in [0.05, 0.1) is 0 Å². The minimum Gasteiger partial charge on any atom is -0.485 e. The van der Waals surface area contributed by atoms with Crippen molar-refractivity contribution in [2.75, 3.05) is 0 Å². The predicted molar refractivity (Wildman–Crippen MR) is 95.1 cm³/mol. The standard InChI is InChI=1S/C20H20N2O2/c1-3-12-20(13-4-2)19(23)21-18-17(11-8-14-22(18)20)24-15-16-9-6-5-7-10-16/h3-11,14H,1-2,12-13,15H2. The van der Waals surface area contributed by atoms with Gasteiger partial charge in [0.1, 0.15) is 12.1 Å². The van der Waals surface area contributed by atoms with Gasteiger partial charge < -0.3 is 9.64 Å². The van der Waals surface area contributed by atoms with E-state index in [1.54, 1.807) is 12.2 Å². The average molecular weight is 320 g/mol. The van der Waals surface area contributed by atoms with Crippen LogP contribution in [0.1, 0.15) is 18.4 Å². The van der Waals surface area contributed by atoms with Crippen molar-refractivity contribution in [2.24, 2.45) is 4.99 Å². The molecular weight excluding hydrogens is 300 g/mol. The molecule has 0 radical (unpaired) electrons. The summed E-state index contributed by atoms with van der Waals surface area (Å²) in [5.74, 6) is 0.977. The molecule has 4 nitrogen and oxygen atoms in total. The molecule has 1 aromatic carbocycles. The van der Waals surface area contributed by atoms with Crippen LogP contribution in [0.5, 0.6) is 0 Å². The van der Waals surface area contributed by atoms with E-state index in [9.17, 15) is 4.79 Å². The monoisotopic (exact) mass is 320 g/mol. The van der Waals surface area contributed by atoms with E-state index < -0.39 is 5.54 Å². The number of carbonyl (C=O) groups excluding carboxylic acids is 1. The number of allylic oxidation sites excluding steroid dienone is 2. The van der Waals surface area contributed by atoms with Crippen LogP contribution in [0.2, 0.25) is 0 Å². The number of hydrogen-bond acceptors (Lipinski definition) is 3. The number of aliphatic imine (C=N–C) groups is 1. The van der Waals surface area contributed by atoms with Crippen LogP contribution in [0.4, 0.5) is 0 Å². The van der Waals surface area contributed by atoms with Crippen molar-refractivity contribution in [3.05, 3.63) is 85.3 Å². The van der Waals surface area contributed by atoms with Crippen molar-refractivity contribution in [1.29, 1.82) is 0 Å². The Balaban J connectivity index is 1.83. The van der Waals surface area contributed by atoms with Gasteiger partial charge in [-0.1, -0.05) is 42.5 Å². The van der Waals surface area contributed by atoms with Crippen LogP contribution >= 0.6 is 0 Å². The van der Waals surface area contributed by atoms with Gasteiger partial charge in [0.2, 0.25) is 0 Å². The zero-order chi connectivity index (χ0) is 17.0. The molecule has 0 saturated carbocycles. The summed E-state index contributed by atoms with van der Waals surface area (Å²) < 4.78 is 5.91. The first-order valence-corrected chi connectivity index (χ1v) is 7.91. The third-order valence-corrected chi connectivity index (χ3v) is 4.20. The van der Waals surface area contributed by atoms with Gasteiger partial charge in [0, 0.05) is 6.20 Å². The predicted octanol–water partition coefficient (Wildman–Crippen LogP) is 3.75. The Hall–Kier alpha value is -2.88. The Morgan fingerprint density at radius 3 is 2.54 bits per heavy atom. The lowest BCUT2D eigenvalue weighted by molar-refractivity contribution is -0.124. The van der Waals surface area contributed by atoms with E-state index in [4.69, 9.17) is 4.74 Å². The molecule has 1 aromatic rings. The summed E-state index contributed by atoms with van der Waals surface area (Å²) in [6, 6.07) is 9.90. The first-order chi connectivity index (χ1) is 11.7. The molecule has 0 N–H and O–H groups in total. The fraction of sp³-hybridized carbons (Fsp3) is 0.200. The molecule has 0 aliphatic carbocycles. The van der Waals surface area contributed by atoms with Crippen LogP contribution in [-0.4, -0.2) is 22.2 Å². The molecule has 0 fully saturated rings. The van der Waals surface area contributed by atoms with Gasteiger partial charge in [-0.25, -0.2) is 0 Å². The molecule has 0 saturated heterocycles. The Labute approximate surface area is 142 Å². The van der Waals surface area contributed by atoms with Gasteiger partial charge >= 0.3 is 0 Å². The van der Waals surface area contributed by atoms with Crippen molar-refractivity contribution in [1.82, 2.24) is 4.90 Å². The number of amides is 1. The minimum atomic E-state index is -0.773. The van der Waals surface area contributed by atoms with Crippen molar-refractivity contribution in [2.45, 2.75) is 25.0 Å². The van der Waals surface area contributed by atoms with E-state index >= 15 is 0 Å². The minimum absolute atomic E-state index is 0.182. The Bertz CT molecular complexity index is 734. The molecule has 2 aliphatic rings. The van der Waals surface area contributed by atoms with Crippen LogP contribution in [0, 0.1) is 0 Å².